The van der Waals surface area contributed by atoms with Gasteiger partial charge < -0.3 is 20.0 Å². The van der Waals surface area contributed by atoms with Crippen molar-refractivity contribution < 1.29 is 0 Å². The molecular weight excluding hydrogens is 274 g/mol. The van der Waals surface area contributed by atoms with Gasteiger partial charge >= 0.3 is 0 Å². The molecule has 2 atom stereocenters. The second kappa shape index (κ2) is 8.73. The maximum absolute atomic E-state index is 4.49. The number of nitrogens with zero attached hydrogens (tertiary/aromatic N) is 4. The van der Waals surface area contributed by atoms with Crippen LogP contribution >= 0.6 is 0 Å². The Bertz CT molecular complexity index is 349. The highest BCUT2D eigenvalue weighted by Gasteiger charge is 2.20. The van der Waals surface area contributed by atoms with Crippen LogP contribution in [0.15, 0.2) is 4.99 Å². The summed E-state index contributed by atoms with van der Waals surface area (Å²) in [7, 11) is 4.12. The van der Waals surface area contributed by atoms with Crippen molar-refractivity contribution in [2.45, 2.75) is 26.7 Å². The Balaban J connectivity index is 1.71. The monoisotopic (exact) mass is 309 g/mol. The third-order valence-electron chi connectivity index (χ3n) is 4.94. The van der Waals surface area contributed by atoms with Crippen LogP contribution in [-0.2, 0) is 0 Å². The predicted octanol–water partition coefficient (Wildman–Crippen LogP) is 1.18. The van der Waals surface area contributed by atoms with Crippen molar-refractivity contribution in [3.8, 4) is 0 Å². The van der Waals surface area contributed by atoms with Crippen LogP contribution in [0.4, 0.5) is 0 Å². The molecule has 128 valence electrons. The van der Waals surface area contributed by atoms with Gasteiger partial charge in [0.25, 0.3) is 0 Å². The van der Waals surface area contributed by atoms with Crippen LogP contribution < -0.4 is 5.32 Å². The van der Waals surface area contributed by atoms with E-state index in [0.717, 1.165) is 31.5 Å². The Morgan fingerprint density at radius 1 is 1.23 bits per heavy atom. The third-order valence-corrected chi connectivity index (χ3v) is 4.94. The van der Waals surface area contributed by atoms with Crippen LogP contribution in [0.1, 0.15) is 26.7 Å². The second-order valence-corrected chi connectivity index (χ2v) is 7.33. The fourth-order valence-corrected chi connectivity index (χ4v) is 3.52. The lowest BCUT2D eigenvalue weighted by Gasteiger charge is -2.35. The largest absolute Gasteiger partial charge is 0.356 e. The summed E-state index contributed by atoms with van der Waals surface area (Å²) < 4.78 is 0. The zero-order valence-electron chi connectivity index (χ0n) is 15.0. The lowest BCUT2D eigenvalue weighted by Crippen LogP contribution is -2.49. The van der Waals surface area contributed by atoms with Crippen molar-refractivity contribution in [2.24, 2.45) is 16.8 Å². The second-order valence-electron chi connectivity index (χ2n) is 7.33. The average Bonchev–Trinajstić information content (AvgIpc) is 2.50. The number of hydrogen-bond acceptors (Lipinski definition) is 3. The molecular formula is C17H35N5. The fourth-order valence-electron chi connectivity index (χ4n) is 3.52. The molecule has 0 aromatic rings. The van der Waals surface area contributed by atoms with Gasteiger partial charge in [0.2, 0.25) is 0 Å². The molecule has 2 saturated heterocycles. The number of nitrogens with one attached hydrogen (secondary N) is 1. The van der Waals surface area contributed by atoms with Crippen molar-refractivity contribution in [1.29, 1.82) is 0 Å². The molecule has 0 amide bonds. The van der Waals surface area contributed by atoms with Gasteiger partial charge in [-0.15, -0.1) is 0 Å². The molecule has 0 aromatic carbocycles. The maximum atomic E-state index is 4.49. The van der Waals surface area contributed by atoms with Crippen LogP contribution in [0, 0.1) is 11.8 Å². The molecule has 0 bridgehead atoms. The van der Waals surface area contributed by atoms with Gasteiger partial charge in [-0.25, -0.2) is 0 Å². The number of piperazine rings is 1. The molecule has 2 rings (SSSR count). The van der Waals surface area contributed by atoms with Crippen molar-refractivity contribution in [1.82, 2.24) is 20.0 Å². The number of piperidine rings is 1. The van der Waals surface area contributed by atoms with E-state index in [1.807, 2.05) is 7.05 Å². The molecule has 0 aliphatic carbocycles. The van der Waals surface area contributed by atoms with E-state index in [0.29, 0.717) is 5.92 Å². The van der Waals surface area contributed by atoms with Gasteiger partial charge in [0.05, 0.1) is 0 Å². The lowest BCUT2D eigenvalue weighted by molar-refractivity contribution is 0.139. The van der Waals surface area contributed by atoms with Gasteiger partial charge in [0, 0.05) is 59.4 Å². The minimum atomic E-state index is 0.655. The Morgan fingerprint density at radius 2 is 1.95 bits per heavy atom. The van der Waals surface area contributed by atoms with E-state index in [-0.39, 0.29) is 0 Å². The Hall–Kier alpha value is -0.810. The summed E-state index contributed by atoms with van der Waals surface area (Å²) in [5.74, 6) is 2.54. The molecule has 2 aliphatic heterocycles. The standard InChI is InChI=1S/C17H35N5/c1-15-6-5-7-22(14-15)17(18-3)19-12-16(2)13-21-10-8-20(4)9-11-21/h15-16H,5-14H2,1-4H3,(H,18,19). The summed E-state index contributed by atoms with van der Waals surface area (Å²) in [5, 5.41) is 3.60. The van der Waals surface area contributed by atoms with E-state index in [9.17, 15) is 0 Å². The van der Waals surface area contributed by atoms with Gasteiger partial charge in [-0.05, 0) is 31.7 Å². The number of likely N-dealkylation sites (N-methyl/N-ethyl adjacent to an activating group) is 1. The summed E-state index contributed by atoms with van der Waals surface area (Å²) in [6.45, 7) is 14.0. The van der Waals surface area contributed by atoms with E-state index in [2.05, 4.69) is 45.9 Å². The molecule has 2 unspecified atom stereocenters. The first-order valence-corrected chi connectivity index (χ1v) is 8.95. The topological polar surface area (TPSA) is 34.1 Å². The van der Waals surface area contributed by atoms with Gasteiger partial charge in [0.15, 0.2) is 5.96 Å². The summed E-state index contributed by atoms with van der Waals surface area (Å²) in [4.78, 5) is 11.9. The minimum Gasteiger partial charge on any atom is -0.356 e. The highest BCUT2D eigenvalue weighted by molar-refractivity contribution is 5.79. The third kappa shape index (κ3) is 5.43. The van der Waals surface area contributed by atoms with Crippen LogP contribution in [0.3, 0.4) is 0 Å². The first kappa shape index (κ1) is 17.5. The molecule has 22 heavy (non-hydrogen) atoms. The molecule has 1 N–H and O–H groups in total. The number of guanidine groups is 1. The fraction of sp³-hybridized carbons (Fsp3) is 0.941. The molecule has 5 heteroatoms. The van der Waals surface area contributed by atoms with E-state index in [4.69, 9.17) is 0 Å². The quantitative estimate of drug-likeness (QED) is 0.625. The zero-order valence-corrected chi connectivity index (χ0v) is 15.0. The van der Waals surface area contributed by atoms with Crippen LogP contribution in [0.5, 0.6) is 0 Å². The average molecular weight is 310 g/mol. The number of rotatable bonds is 4. The van der Waals surface area contributed by atoms with Crippen LogP contribution in [-0.4, -0.2) is 87.1 Å². The summed E-state index contributed by atoms with van der Waals surface area (Å²) in [6, 6.07) is 0. The summed E-state index contributed by atoms with van der Waals surface area (Å²) >= 11 is 0. The summed E-state index contributed by atoms with van der Waals surface area (Å²) in [6.07, 6.45) is 2.64. The Kier molecular flexibility index (Phi) is 6.96. The van der Waals surface area contributed by atoms with E-state index in [1.165, 1.54) is 45.6 Å². The molecule has 5 nitrogen and oxygen atoms in total. The minimum absolute atomic E-state index is 0.655. The van der Waals surface area contributed by atoms with Crippen LogP contribution in [0.25, 0.3) is 0 Å². The lowest BCUT2D eigenvalue weighted by atomic mass is 10.0. The highest BCUT2D eigenvalue weighted by atomic mass is 15.3. The number of aliphatic imine (C=N–C) groups is 1. The predicted molar refractivity (Wildman–Crippen MR) is 94.4 cm³/mol. The first-order chi connectivity index (χ1) is 10.6. The highest BCUT2D eigenvalue weighted by Crippen LogP contribution is 2.15. The molecule has 2 heterocycles. The normalized spacial score (nSPS) is 27.0. The molecule has 2 fully saturated rings. The summed E-state index contributed by atoms with van der Waals surface area (Å²) in [5.41, 5.74) is 0. The number of likely N-dealkylation sites (tertiary alicyclic amines) is 1. The zero-order chi connectivity index (χ0) is 15.9. The molecule has 0 aromatic heterocycles. The number of hydrogen-bond donors (Lipinski definition) is 1. The van der Waals surface area contributed by atoms with Gasteiger partial charge in [0.1, 0.15) is 0 Å². The molecule has 0 spiro atoms. The maximum Gasteiger partial charge on any atom is 0.193 e. The molecule has 0 saturated carbocycles. The van der Waals surface area contributed by atoms with Crippen molar-refractivity contribution in [3.63, 3.8) is 0 Å². The Morgan fingerprint density at radius 3 is 2.59 bits per heavy atom. The van der Waals surface area contributed by atoms with E-state index in [1.54, 1.807) is 0 Å². The van der Waals surface area contributed by atoms with Crippen molar-refractivity contribution in [2.75, 3.05) is 66.5 Å². The SMILES string of the molecule is CN=C(NCC(C)CN1CCN(C)CC1)N1CCCC(C)C1. The van der Waals surface area contributed by atoms with E-state index >= 15 is 0 Å². The van der Waals surface area contributed by atoms with Gasteiger partial charge in [-0.3, -0.25) is 4.99 Å². The van der Waals surface area contributed by atoms with Gasteiger partial charge in [-0.1, -0.05) is 13.8 Å². The van der Waals surface area contributed by atoms with Crippen molar-refractivity contribution in [3.05, 3.63) is 0 Å². The van der Waals surface area contributed by atoms with Crippen molar-refractivity contribution >= 4 is 5.96 Å². The smallest absolute Gasteiger partial charge is 0.193 e. The van der Waals surface area contributed by atoms with E-state index < -0.39 is 0 Å². The molecule has 0 radical (unpaired) electrons. The first-order valence-electron chi connectivity index (χ1n) is 8.95. The van der Waals surface area contributed by atoms with Gasteiger partial charge in [-0.2, -0.15) is 0 Å². The van der Waals surface area contributed by atoms with Crippen LogP contribution in [0.2, 0.25) is 0 Å². The molecule has 2 aliphatic rings. The Labute approximate surface area is 136 Å².